The Bertz CT molecular complexity index is 231. The van der Waals surface area contributed by atoms with Gasteiger partial charge in [0.2, 0.25) is 0 Å². The average molecular weight is 178 g/mol. The third-order valence-electron chi connectivity index (χ3n) is 2.49. The SMILES string of the molecule is CCc1ccc[si](CC)c1CC. The maximum Gasteiger partial charge on any atom is 0.0405 e. The largest absolute Gasteiger partial charge is 0.0776 e. The maximum absolute atomic E-state index is 2.43. The second-order valence-corrected chi connectivity index (χ2v) is 5.81. The number of aryl methyl sites for hydroxylation is 2. The topological polar surface area (TPSA) is 0 Å². The number of hydrogen-bond donors (Lipinski definition) is 0. The van der Waals surface area contributed by atoms with E-state index in [0.717, 1.165) is 0 Å². The van der Waals surface area contributed by atoms with Gasteiger partial charge in [-0.05, 0) is 24.4 Å². The van der Waals surface area contributed by atoms with Crippen LogP contribution >= 0.6 is 0 Å². The summed E-state index contributed by atoms with van der Waals surface area (Å²) in [4.78, 5) is 0. The van der Waals surface area contributed by atoms with E-state index in [1.54, 1.807) is 10.7 Å². The first-order valence-corrected chi connectivity index (χ1v) is 6.71. The van der Waals surface area contributed by atoms with E-state index >= 15 is 0 Å². The Morgan fingerprint density at radius 3 is 2.42 bits per heavy atom. The first-order valence-electron chi connectivity index (χ1n) is 4.93. The predicted molar refractivity (Wildman–Crippen MR) is 56.8 cm³/mol. The van der Waals surface area contributed by atoms with Crippen LogP contribution in [0, 0.1) is 0 Å². The minimum Gasteiger partial charge on any atom is -0.0776 e. The molecule has 0 nitrogen and oxygen atoms in total. The molecule has 0 N–H and O–H groups in total. The third kappa shape index (κ3) is 1.83. The molecule has 0 atom stereocenters. The zero-order valence-corrected chi connectivity index (χ0v) is 9.35. The Kier molecular flexibility index (Phi) is 3.67. The molecular formula is C11H18Si. The molecule has 0 saturated carbocycles. The van der Waals surface area contributed by atoms with Crippen molar-refractivity contribution in [2.24, 2.45) is 0 Å². The van der Waals surface area contributed by atoms with Gasteiger partial charge in [0.05, 0.1) is 0 Å². The summed E-state index contributed by atoms with van der Waals surface area (Å²) in [6.45, 7) is 6.86. The number of rotatable bonds is 3. The average Bonchev–Trinajstić information content (AvgIpc) is 2.16. The monoisotopic (exact) mass is 178 g/mol. The van der Waals surface area contributed by atoms with Gasteiger partial charge < -0.3 is 0 Å². The highest BCUT2D eigenvalue weighted by atomic mass is 28.2. The van der Waals surface area contributed by atoms with Crippen LogP contribution in [0.15, 0.2) is 17.8 Å². The molecule has 1 aromatic rings. The third-order valence-corrected chi connectivity index (χ3v) is 5.29. The van der Waals surface area contributed by atoms with Crippen molar-refractivity contribution in [2.45, 2.75) is 39.7 Å². The first kappa shape index (κ1) is 9.65. The summed E-state index contributed by atoms with van der Waals surface area (Å²) in [7, 11) is -0.269. The van der Waals surface area contributed by atoms with Gasteiger partial charge in [0, 0.05) is 8.40 Å². The summed E-state index contributed by atoms with van der Waals surface area (Å²) in [6, 6.07) is 5.90. The van der Waals surface area contributed by atoms with Gasteiger partial charge in [0.1, 0.15) is 0 Å². The zero-order valence-electron chi connectivity index (χ0n) is 8.35. The lowest BCUT2D eigenvalue weighted by atomic mass is 10.2. The summed E-state index contributed by atoms with van der Waals surface area (Å²) < 4.78 is 0. The molecule has 1 heterocycles. The fourth-order valence-corrected chi connectivity index (χ4v) is 4.12. The number of hydrogen-bond acceptors (Lipinski definition) is 0. The van der Waals surface area contributed by atoms with E-state index in [0.29, 0.717) is 0 Å². The molecule has 1 heteroatoms. The lowest BCUT2D eigenvalue weighted by molar-refractivity contribution is 1.05. The highest BCUT2D eigenvalue weighted by Gasteiger charge is 2.02. The summed E-state index contributed by atoms with van der Waals surface area (Å²) in [5.41, 5.74) is 4.04. The minimum absolute atomic E-state index is 0.269. The molecule has 0 spiro atoms. The smallest absolute Gasteiger partial charge is 0.0405 e. The van der Waals surface area contributed by atoms with E-state index in [1.807, 2.05) is 0 Å². The molecular weight excluding hydrogens is 160 g/mol. The molecule has 1 aromatic heterocycles. The van der Waals surface area contributed by atoms with Crippen molar-refractivity contribution in [2.75, 3.05) is 0 Å². The van der Waals surface area contributed by atoms with Crippen LogP contribution in [-0.4, -0.2) is 8.40 Å². The highest BCUT2D eigenvalue weighted by molar-refractivity contribution is 6.52. The molecule has 0 amide bonds. The van der Waals surface area contributed by atoms with Gasteiger partial charge in [-0.2, -0.15) is 0 Å². The lowest BCUT2D eigenvalue weighted by Crippen LogP contribution is -2.07. The first-order chi connectivity index (χ1) is 5.83. The quantitative estimate of drug-likeness (QED) is 0.624. The van der Waals surface area contributed by atoms with E-state index in [1.165, 1.54) is 18.9 Å². The minimum atomic E-state index is -0.269. The highest BCUT2D eigenvalue weighted by Crippen LogP contribution is 2.09. The van der Waals surface area contributed by atoms with Crippen LogP contribution in [0.3, 0.4) is 0 Å². The fraction of sp³-hybridized carbons (Fsp3) is 0.545. The van der Waals surface area contributed by atoms with Gasteiger partial charge in [-0.1, -0.05) is 43.8 Å². The molecule has 1 rings (SSSR count). The van der Waals surface area contributed by atoms with Crippen LogP contribution in [0.5, 0.6) is 0 Å². The molecule has 0 fully saturated rings. The van der Waals surface area contributed by atoms with Gasteiger partial charge in [0.15, 0.2) is 0 Å². The van der Waals surface area contributed by atoms with Crippen molar-refractivity contribution < 1.29 is 0 Å². The molecule has 0 aliphatic heterocycles. The van der Waals surface area contributed by atoms with Crippen LogP contribution in [0.2, 0.25) is 0 Å². The second-order valence-electron chi connectivity index (χ2n) is 3.12. The molecule has 0 radical (unpaired) electrons. The molecule has 0 aliphatic rings. The van der Waals surface area contributed by atoms with Crippen LogP contribution < -0.4 is 0 Å². The Morgan fingerprint density at radius 2 is 1.92 bits per heavy atom. The molecule has 0 unspecified atom stereocenters. The normalized spacial score (nSPS) is 10.2. The second kappa shape index (κ2) is 4.56. The lowest BCUT2D eigenvalue weighted by Gasteiger charge is -2.09. The van der Waals surface area contributed by atoms with Crippen molar-refractivity contribution >= 4 is 8.40 Å². The predicted octanol–water partition coefficient (Wildman–Crippen LogP) is 2.86. The van der Waals surface area contributed by atoms with Crippen molar-refractivity contribution in [3.8, 4) is 0 Å². The summed E-state index contributed by atoms with van der Waals surface area (Å²) in [6.07, 6.45) is 2.47. The van der Waals surface area contributed by atoms with Gasteiger partial charge >= 0.3 is 0 Å². The van der Waals surface area contributed by atoms with Gasteiger partial charge in [0.25, 0.3) is 0 Å². The van der Waals surface area contributed by atoms with Crippen LogP contribution in [0.25, 0.3) is 0 Å². The van der Waals surface area contributed by atoms with E-state index in [-0.39, 0.29) is 8.40 Å². The molecule has 12 heavy (non-hydrogen) atoms. The molecule has 0 aromatic carbocycles. The molecule has 0 aliphatic carbocycles. The Hall–Kier alpha value is -0.433. The van der Waals surface area contributed by atoms with E-state index < -0.39 is 0 Å². The zero-order chi connectivity index (χ0) is 8.97. The molecule has 66 valence electrons. The summed E-state index contributed by atoms with van der Waals surface area (Å²) >= 11 is 0. The van der Waals surface area contributed by atoms with Crippen molar-refractivity contribution in [3.63, 3.8) is 0 Å². The maximum atomic E-state index is 2.43. The molecule has 0 saturated heterocycles. The van der Waals surface area contributed by atoms with Crippen molar-refractivity contribution in [3.05, 3.63) is 28.5 Å². The van der Waals surface area contributed by atoms with E-state index in [2.05, 4.69) is 38.6 Å². The van der Waals surface area contributed by atoms with Crippen molar-refractivity contribution in [1.29, 1.82) is 0 Å². The fourth-order valence-electron chi connectivity index (χ4n) is 1.80. The van der Waals surface area contributed by atoms with E-state index in [4.69, 9.17) is 0 Å². The van der Waals surface area contributed by atoms with Crippen LogP contribution in [0.4, 0.5) is 0 Å². The van der Waals surface area contributed by atoms with E-state index in [9.17, 15) is 0 Å². The standard InChI is InChI=1S/C11H18Si/c1-4-10-8-7-9-12(6-3)11(10)5-2/h7-9H,4-6H2,1-3H3. The van der Waals surface area contributed by atoms with Crippen LogP contribution in [-0.2, 0) is 18.9 Å². The Labute approximate surface area is 77.2 Å². The summed E-state index contributed by atoms with van der Waals surface area (Å²) in [5.74, 6) is 0. The summed E-state index contributed by atoms with van der Waals surface area (Å²) in [5, 5.41) is 1.76. The van der Waals surface area contributed by atoms with Gasteiger partial charge in [-0.15, -0.1) is 0 Å². The van der Waals surface area contributed by atoms with Crippen molar-refractivity contribution in [1.82, 2.24) is 0 Å². The Morgan fingerprint density at radius 1 is 1.17 bits per heavy atom. The van der Waals surface area contributed by atoms with Gasteiger partial charge in [-0.25, -0.2) is 0 Å². The van der Waals surface area contributed by atoms with Gasteiger partial charge in [-0.3, -0.25) is 0 Å². The molecule has 0 bridgehead atoms. The van der Waals surface area contributed by atoms with Crippen LogP contribution in [0.1, 0.15) is 31.5 Å². The Balaban J connectivity index is 3.13.